The standard InChI is InChI=1S/C12H13Cl2NO3/c1-6(7(2)12(17)18)11(16)15-10-5-8(13)3-4-9(10)14/h3-7H,1-2H3,(H,15,16)(H,17,18). The molecule has 0 bridgehead atoms. The summed E-state index contributed by atoms with van der Waals surface area (Å²) in [5.41, 5.74) is 0.374. The molecule has 0 heterocycles. The Morgan fingerprint density at radius 2 is 1.83 bits per heavy atom. The van der Waals surface area contributed by atoms with Gasteiger partial charge in [-0.3, -0.25) is 9.59 Å². The van der Waals surface area contributed by atoms with E-state index in [9.17, 15) is 9.59 Å². The smallest absolute Gasteiger partial charge is 0.307 e. The average Bonchev–Trinajstić information content (AvgIpc) is 2.31. The minimum Gasteiger partial charge on any atom is -0.481 e. The van der Waals surface area contributed by atoms with Crippen molar-refractivity contribution in [3.8, 4) is 0 Å². The molecule has 0 saturated carbocycles. The van der Waals surface area contributed by atoms with Crippen LogP contribution in [0.2, 0.25) is 10.0 Å². The normalized spacial score (nSPS) is 13.8. The highest BCUT2D eigenvalue weighted by Gasteiger charge is 2.26. The summed E-state index contributed by atoms with van der Waals surface area (Å²) in [6.07, 6.45) is 0. The second kappa shape index (κ2) is 6.07. The molecule has 6 heteroatoms. The van der Waals surface area contributed by atoms with E-state index in [1.54, 1.807) is 19.1 Å². The van der Waals surface area contributed by atoms with Crippen LogP contribution in [0.15, 0.2) is 18.2 Å². The zero-order valence-corrected chi connectivity index (χ0v) is 11.4. The number of benzene rings is 1. The molecule has 98 valence electrons. The zero-order chi connectivity index (χ0) is 13.9. The molecule has 0 aliphatic rings. The third kappa shape index (κ3) is 3.62. The summed E-state index contributed by atoms with van der Waals surface area (Å²) in [7, 11) is 0. The van der Waals surface area contributed by atoms with Crippen LogP contribution in [-0.4, -0.2) is 17.0 Å². The lowest BCUT2D eigenvalue weighted by Crippen LogP contribution is -2.30. The quantitative estimate of drug-likeness (QED) is 0.894. The topological polar surface area (TPSA) is 66.4 Å². The number of hydrogen-bond donors (Lipinski definition) is 2. The van der Waals surface area contributed by atoms with Crippen LogP contribution in [-0.2, 0) is 9.59 Å². The van der Waals surface area contributed by atoms with Crippen molar-refractivity contribution in [1.82, 2.24) is 0 Å². The van der Waals surface area contributed by atoms with Crippen LogP contribution in [0.4, 0.5) is 5.69 Å². The number of carbonyl (C=O) groups excluding carboxylic acids is 1. The Bertz CT molecular complexity index is 476. The average molecular weight is 290 g/mol. The molecule has 1 amide bonds. The molecule has 1 aromatic carbocycles. The van der Waals surface area contributed by atoms with E-state index in [1.165, 1.54) is 13.0 Å². The van der Waals surface area contributed by atoms with E-state index in [0.717, 1.165) is 0 Å². The molecule has 0 aliphatic carbocycles. The van der Waals surface area contributed by atoms with Gasteiger partial charge in [0.05, 0.1) is 16.6 Å². The molecule has 2 unspecified atom stereocenters. The van der Waals surface area contributed by atoms with Crippen molar-refractivity contribution in [2.75, 3.05) is 5.32 Å². The van der Waals surface area contributed by atoms with Crippen molar-refractivity contribution in [3.05, 3.63) is 28.2 Å². The van der Waals surface area contributed by atoms with Gasteiger partial charge in [0.15, 0.2) is 0 Å². The molecular formula is C12H13Cl2NO3. The Balaban J connectivity index is 2.81. The Morgan fingerprint density at radius 3 is 2.39 bits per heavy atom. The second-order valence-electron chi connectivity index (χ2n) is 4.03. The SMILES string of the molecule is CC(C(=O)O)C(C)C(=O)Nc1cc(Cl)ccc1Cl. The summed E-state index contributed by atoms with van der Waals surface area (Å²) in [6, 6.07) is 4.67. The molecule has 0 fully saturated rings. The summed E-state index contributed by atoms with van der Waals surface area (Å²) in [4.78, 5) is 22.6. The number of carboxylic acids is 1. The number of nitrogens with one attached hydrogen (secondary N) is 1. The van der Waals surface area contributed by atoms with Crippen LogP contribution < -0.4 is 5.32 Å². The van der Waals surface area contributed by atoms with E-state index in [1.807, 2.05) is 0 Å². The van der Waals surface area contributed by atoms with Crippen LogP contribution >= 0.6 is 23.2 Å². The first-order valence-electron chi connectivity index (χ1n) is 5.31. The van der Waals surface area contributed by atoms with Crippen molar-refractivity contribution in [2.45, 2.75) is 13.8 Å². The van der Waals surface area contributed by atoms with Crippen molar-refractivity contribution in [1.29, 1.82) is 0 Å². The summed E-state index contributed by atoms with van der Waals surface area (Å²) < 4.78 is 0. The lowest BCUT2D eigenvalue weighted by Gasteiger charge is -2.16. The molecule has 4 nitrogen and oxygen atoms in total. The Kier molecular flexibility index (Phi) is 4.99. The number of anilines is 1. The van der Waals surface area contributed by atoms with E-state index < -0.39 is 23.7 Å². The van der Waals surface area contributed by atoms with Gasteiger partial charge in [0.25, 0.3) is 0 Å². The fourth-order valence-electron chi connectivity index (χ4n) is 1.28. The number of rotatable bonds is 4. The Morgan fingerprint density at radius 1 is 1.22 bits per heavy atom. The van der Waals surface area contributed by atoms with Crippen LogP contribution in [0.25, 0.3) is 0 Å². The van der Waals surface area contributed by atoms with Crippen molar-refractivity contribution in [3.63, 3.8) is 0 Å². The highest BCUT2D eigenvalue weighted by Crippen LogP contribution is 2.26. The number of carboxylic acid groups (broad SMARTS) is 1. The molecule has 18 heavy (non-hydrogen) atoms. The lowest BCUT2D eigenvalue weighted by atomic mass is 9.95. The zero-order valence-electron chi connectivity index (χ0n) is 9.91. The van der Waals surface area contributed by atoms with Crippen molar-refractivity contribution >= 4 is 40.8 Å². The summed E-state index contributed by atoms with van der Waals surface area (Å²) in [5.74, 6) is -2.87. The van der Waals surface area contributed by atoms with Crippen molar-refractivity contribution < 1.29 is 14.7 Å². The van der Waals surface area contributed by atoms with Gasteiger partial charge in [0, 0.05) is 10.9 Å². The van der Waals surface area contributed by atoms with Gasteiger partial charge in [-0.15, -0.1) is 0 Å². The van der Waals surface area contributed by atoms with Crippen LogP contribution in [0.1, 0.15) is 13.8 Å². The van der Waals surface area contributed by atoms with Gasteiger partial charge in [-0.2, -0.15) is 0 Å². The third-order valence-electron chi connectivity index (χ3n) is 2.74. The molecule has 0 aromatic heterocycles. The third-order valence-corrected chi connectivity index (χ3v) is 3.30. The predicted octanol–water partition coefficient (Wildman–Crippen LogP) is 3.29. The number of carbonyl (C=O) groups is 2. The lowest BCUT2D eigenvalue weighted by molar-refractivity contribution is -0.145. The summed E-state index contributed by atoms with van der Waals surface area (Å²) in [5, 5.41) is 12.2. The second-order valence-corrected chi connectivity index (χ2v) is 4.87. The maximum absolute atomic E-state index is 11.8. The molecule has 1 rings (SSSR count). The Labute approximate surface area is 115 Å². The van der Waals surface area contributed by atoms with E-state index in [4.69, 9.17) is 28.3 Å². The highest BCUT2D eigenvalue weighted by molar-refractivity contribution is 6.35. The van der Waals surface area contributed by atoms with Crippen LogP contribution in [0.3, 0.4) is 0 Å². The number of halogens is 2. The van der Waals surface area contributed by atoms with Crippen molar-refractivity contribution in [2.24, 2.45) is 11.8 Å². The maximum atomic E-state index is 11.8. The number of hydrogen-bond acceptors (Lipinski definition) is 2. The number of amides is 1. The van der Waals surface area contributed by atoms with Gasteiger partial charge in [-0.25, -0.2) is 0 Å². The maximum Gasteiger partial charge on any atom is 0.307 e. The Hall–Kier alpha value is -1.26. The first kappa shape index (κ1) is 14.8. The first-order chi connectivity index (χ1) is 8.32. The fourth-order valence-corrected chi connectivity index (χ4v) is 1.62. The van der Waals surface area contributed by atoms with Crippen LogP contribution in [0.5, 0.6) is 0 Å². The molecule has 0 radical (unpaired) electrons. The largest absolute Gasteiger partial charge is 0.481 e. The van der Waals surface area contributed by atoms with E-state index in [2.05, 4.69) is 5.32 Å². The van der Waals surface area contributed by atoms with Gasteiger partial charge in [0.2, 0.25) is 5.91 Å². The first-order valence-corrected chi connectivity index (χ1v) is 6.07. The minimum atomic E-state index is -1.02. The van der Waals surface area contributed by atoms with Gasteiger partial charge in [0.1, 0.15) is 0 Å². The van der Waals surface area contributed by atoms with E-state index >= 15 is 0 Å². The van der Waals surface area contributed by atoms with E-state index in [0.29, 0.717) is 15.7 Å². The summed E-state index contributed by atoms with van der Waals surface area (Å²) in [6.45, 7) is 3.03. The molecule has 0 spiro atoms. The molecule has 1 aromatic rings. The van der Waals surface area contributed by atoms with Gasteiger partial charge in [-0.05, 0) is 18.2 Å². The summed E-state index contributed by atoms with van der Waals surface area (Å²) >= 11 is 11.7. The highest BCUT2D eigenvalue weighted by atomic mass is 35.5. The molecule has 2 atom stereocenters. The molecule has 2 N–H and O–H groups in total. The van der Waals surface area contributed by atoms with Gasteiger partial charge < -0.3 is 10.4 Å². The van der Waals surface area contributed by atoms with E-state index in [-0.39, 0.29) is 0 Å². The molecule has 0 saturated heterocycles. The fraction of sp³-hybridized carbons (Fsp3) is 0.333. The predicted molar refractivity (Wildman–Crippen MR) is 71.1 cm³/mol. The van der Waals surface area contributed by atoms with Gasteiger partial charge in [-0.1, -0.05) is 37.0 Å². The molecule has 0 aliphatic heterocycles. The van der Waals surface area contributed by atoms with Crippen LogP contribution in [0, 0.1) is 11.8 Å². The molecular weight excluding hydrogens is 277 g/mol. The number of aliphatic carboxylic acids is 1. The minimum absolute atomic E-state index is 0.350. The monoisotopic (exact) mass is 289 g/mol. The van der Waals surface area contributed by atoms with Gasteiger partial charge >= 0.3 is 5.97 Å².